The highest BCUT2D eigenvalue weighted by Crippen LogP contribution is 2.37. The Hall–Kier alpha value is -3.23. The first-order valence-corrected chi connectivity index (χ1v) is 16.2. The van der Waals surface area contributed by atoms with Crippen molar-refractivity contribution in [1.29, 1.82) is 0 Å². The molecule has 2 aromatic rings. The highest BCUT2D eigenvalue weighted by Gasteiger charge is 2.54. The van der Waals surface area contributed by atoms with Crippen LogP contribution in [0.3, 0.4) is 0 Å². The number of piperidine rings is 1. The highest BCUT2D eigenvalue weighted by atomic mass is 16.3. The molecule has 0 aromatic heterocycles. The number of nitrogens with one attached hydrogen (secondary N) is 2. The van der Waals surface area contributed by atoms with Gasteiger partial charge >= 0.3 is 0 Å². The molecule has 2 heterocycles. The second-order valence-corrected chi connectivity index (χ2v) is 12.9. The Kier molecular flexibility index (Phi) is 9.87. The third-order valence-electron chi connectivity index (χ3n) is 9.88. The Labute approximate surface area is 256 Å². The second-order valence-electron chi connectivity index (χ2n) is 12.9. The first kappa shape index (κ1) is 31.2. The third-order valence-corrected chi connectivity index (χ3v) is 9.88. The number of amides is 3. The average molecular weight is 589 g/mol. The van der Waals surface area contributed by atoms with Crippen molar-refractivity contribution in [2.45, 2.75) is 101 Å². The Morgan fingerprint density at radius 2 is 1.53 bits per heavy atom. The Morgan fingerprint density at radius 1 is 0.930 bits per heavy atom. The molecule has 2 saturated heterocycles. The van der Waals surface area contributed by atoms with Crippen molar-refractivity contribution < 1.29 is 19.5 Å². The SMILES string of the molecule is CCCCN1C(=O)[C@@H](CC2(O)CCCCC2)NC(=O)C12CCN(Cc1ccc(Cc3ccc(C(=O)NC)cc3)cc1)CC2. The molecule has 43 heavy (non-hydrogen) atoms. The molecule has 8 nitrogen and oxygen atoms in total. The Morgan fingerprint density at radius 3 is 2.14 bits per heavy atom. The Balaban J connectivity index is 1.19. The molecule has 3 N–H and O–H groups in total. The number of nitrogens with zero attached hydrogens (tertiary/aromatic N) is 2. The maximum Gasteiger partial charge on any atom is 0.251 e. The molecule has 3 fully saturated rings. The van der Waals surface area contributed by atoms with E-state index in [0.717, 1.165) is 63.7 Å². The second kappa shape index (κ2) is 13.6. The van der Waals surface area contributed by atoms with Gasteiger partial charge in [-0.05, 0) is 67.3 Å². The lowest BCUT2D eigenvalue weighted by molar-refractivity contribution is -0.163. The Bertz CT molecular complexity index is 1260. The molecule has 2 aromatic carbocycles. The van der Waals surface area contributed by atoms with Crippen LogP contribution < -0.4 is 10.6 Å². The minimum absolute atomic E-state index is 0.0145. The van der Waals surface area contributed by atoms with Crippen LogP contribution in [0.15, 0.2) is 48.5 Å². The van der Waals surface area contributed by atoms with Crippen LogP contribution in [0, 0.1) is 0 Å². The molecule has 0 unspecified atom stereocenters. The van der Waals surface area contributed by atoms with Gasteiger partial charge in [-0.25, -0.2) is 0 Å². The number of carbonyl (C=O) groups is 3. The maximum atomic E-state index is 13.8. The van der Waals surface area contributed by atoms with Gasteiger partial charge in [0.05, 0.1) is 5.60 Å². The van der Waals surface area contributed by atoms with Gasteiger partial charge in [0.15, 0.2) is 0 Å². The van der Waals surface area contributed by atoms with Gasteiger partial charge in [0.2, 0.25) is 11.8 Å². The van der Waals surface area contributed by atoms with Crippen LogP contribution in [-0.4, -0.2) is 76.5 Å². The van der Waals surface area contributed by atoms with Crippen molar-refractivity contribution in [3.05, 3.63) is 70.8 Å². The van der Waals surface area contributed by atoms with Crippen molar-refractivity contribution in [2.75, 3.05) is 26.7 Å². The normalized spacial score (nSPS) is 21.9. The van der Waals surface area contributed by atoms with Gasteiger partial charge < -0.3 is 20.6 Å². The number of hydrogen-bond donors (Lipinski definition) is 3. The molecule has 232 valence electrons. The summed E-state index contributed by atoms with van der Waals surface area (Å²) in [5.41, 5.74) is 2.60. The number of rotatable bonds is 10. The summed E-state index contributed by atoms with van der Waals surface area (Å²) < 4.78 is 0. The first-order chi connectivity index (χ1) is 20.7. The van der Waals surface area contributed by atoms with E-state index < -0.39 is 17.2 Å². The van der Waals surface area contributed by atoms with E-state index >= 15 is 0 Å². The zero-order valence-corrected chi connectivity index (χ0v) is 25.9. The quantitative estimate of drug-likeness (QED) is 0.387. The molecular formula is C35H48N4O4. The molecule has 1 aliphatic carbocycles. The predicted molar refractivity (Wildman–Crippen MR) is 168 cm³/mol. The van der Waals surface area contributed by atoms with E-state index in [1.807, 2.05) is 29.2 Å². The first-order valence-electron chi connectivity index (χ1n) is 16.2. The van der Waals surface area contributed by atoms with Crippen LogP contribution in [0.4, 0.5) is 0 Å². The summed E-state index contributed by atoms with van der Waals surface area (Å²) in [6.07, 6.45) is 8.66. The lowest BCUT2D eigenvalue weighted by Gasteiger charge is -2.52. The number of carbonyl (C=O) groups excluding carboxylic acids is 3. The fourth-order valence-corrected chi connectivity index (χ4v) is 7.20. The largest absolute Gasteiger partial charge is 0.390 e. The van der Waals surface area contributed by atoms with Gasteiger partial charge in [-0.1, -0.05) is 69.0 Å². The average Bonchev–Trinajstić information content (AvgIpc) is 3.02. The van der Waals surface area contributed by atoms with Gasteiger partial charge in [0.25, 0.3) is 5.91 Å². The maximum absolute atomic E-state index is 13.8. The zero-order valence-electron chi connectivity index (χ0n) is 25.9. The van der Waals surface area contributed by atoms with E-state index in [1.54, 1.807) is 7.05 Å². The summed E-state index contributed by atoms with van der Waals surface area (Å²) in [4.78, 5) is 43.6. The molecule has 8 heteroatoms. The fraction of sp³-hybridized carbons (Fsp3) is 0.571. The number of likely N-dealkylation sites (tertiary alicyclic amines) is 1. The number of piperazine rings is 1. The number of unbranched alkanes of at least 4 members (excludes halogenated alkanes) is 1. The molecular weight excluding hydrogens is 540 g/mol. The van der Waals surface area contributed by atoms with E-state index in [9.17, 15) is 19.5 Å². The number of aliphatic hydroxyl groups is 1. The van der Waals surface area contributed by atoms with Gasteiger partial charge in [-0.3, -0.25) is 19.3 Å². The summed E-state index contributed by atoms with van der Waals surface area (Å²) in [6.45, 7) is 5.00. The monoisotopic (exact) mass is 588 g/mol. The molecule has 5 rings (SSSR count). The molecule has 1 atom stereocenters. The van der Waals surface area contributed by atoms with Crippen LogP contribution in [0.1, 0.15) is 98.2 Å². The van der Waals surface area contributed by atoms with Crippen LogP contribution in [0.5, 0.6) is 0 Å². The van der Waals surface area contributed by atoms with Gasteiger partial charge in [0, 0.05) is 45.2 Å². The van der Waals surface area contributed by atoms with E-state index in [0.29, 0.717) is 44.2 Å². The lowest BCUT2D eigenvalue weighted by Crippen LogP contribution is -2.73. The lowest BCUT2D eigenvalue weighted by atomic mass is 9.77. The summed E-state index contributed by atoms with van der Waals surface area (Å²) in [5, 5.41) is 16.9. The molecule has 3 amide bonds. The smallest absolute Gasteiger partial charge is 0.251 e. The molecule has 0 radical (unpaired) electrons. The molecule has 1 spiro atoms. The van der Waals surface area contributed by atoms with Crippen LogP contribution >= 0.6 is 0 Å². The van der Waals surface area contributed by atoms with Crippen LogP contribution in [0.25, 0.3) is 0 Å². The minimum atomic E-state index is -0.858. The molecule has 1 saturated carbocycles. The summed E-state index contributed by atoms with van der Waals surface area (Å²) >= 11 is 0. The van der Waals surface area contributed by atoms with Crippen LogP contribution in [-0.2, 0) is 22.6 Å². The number of hydrogen-bond acceptors (Lipinski definition) is 5. The van der Waals surface area contributed by atoms with Crippen molar-refractivity contribution in [1.82, 2.24) is 20.4 Å². The van der Waals surface area contributed by atoms with E-state index in [2.05, 4.69) is 46.7 Å². The number of benzene rings is 2. The molecule has 0 bridgehead atoms. The van der Waals surface area contributed by atoms with Crippen molar-refractivity contribution in [3.63, 3.8) is 0 Å². The van der Waals surface area contributed by atoms with Crippen LogP contribution in [0.2, 0.25) is 0 Å². The van der Waals surface area contributed by atoms with Crippen molar-refractivity contribution >= 4 is 17.7 Å². The minimum Gasteiger partial charge on any atom is -0.390 e. The van der Waals surface area contributed by atoms with E-state index in [-0.39, 0.29) is 17.7 Å². The zero-order chi connectivity index (χ0) is 30.5. The van der Waals surface area contributed by atoms with Crippen molar-refractivity contribution in [2.24, 2.45) is 0 Å². The van der Waals surface area contributed by atoms with Gasteiger partial charge in [-0.2, -0.15) is 0 Å². The standard InChI is InChI=1S/C35H48N4O4/c1-3-4-20-39-32(41)30(24-34(43)16-6-5-7-17-34)37-33(42)35(39)18-21-38(22-19-35)25-28-10-8-26(9-11-28)23-27-12-14-29(15-13-27)31(40)36-2/h8-15,30,43H,3-7,16-25H2,1-2H3,(H,36,40)(H,37,42)/t30-/m1/s1. The molecule has 3 aliphatic rings. The van der Waals surface area contributed by atoms with E-state index in [4.69, 9.17) is 0 Å². The highest BCUT2D eigenvalue weighted by molar-refractivity contribution is 6.00. The fourth-order valence-electron chi connectivity index (χ4n) is 7.20. The topological polar surface area (TPSA) is 102 Å². The third kappa shape index (κ3) is 7.13. The van der Waals surface area contributed by atoms with E-state index in [1.165, 1.54) is 11.1 Å². The predicted octanol–water partition coefficient (Wildman–Crippen LogP) is 4.18. The summed E-state index contributed by atoms with van der Waals surface area (Å²) in [6, 6.07) is 15.7. The van der Waals surface area contributed by atoms with Crippen molar-refractivity contribution in [3.8, 4) is 0 Å². The molecule has 2 aliphatic heterocycles. The van der Waals surface area contributed by atoms with Gasteiger partial charge in [0.1, 0.15) is 11.6 Å². The summed E-state index contributed by atoms with van der Waals surface area (Å²) in [5.74, 6) is -0.137. The van der Waals surface area contributed by atoms with Gasteiger partial charge in [-0.15, -0.1) is 0 Å². The summed E-state index contributed by atoms with van der Waals surface area (Å²) in [7, 11) is 1.63.